The van der Waals surface area contributed by atoms with E-state index >= 15 is 0 Å². The highest BCUT2D eigenvalue weighted by molar-refractivity contribution is 9.09. The molecule has 2 heteroatoms. The third-order valence-corrected chi connectivity index (χ3v) is 2.07. The van der Waals surface area contributed by atoms with Crippen LogP contribution in [0.4, 0.5) is 0 Å². The fourth-order valence-electron chi connectivity index (χ4n) is 1.15. The fraction of sp³-hybridized carbons (Fsp3) is 0.400. The molecule has 0 heterocycles. The van der Waals surface area contributed by atoms with E-state index in [1.807, 2.05) is 19.1 Å². The average molecular weight is 229 g/mol. The minimum atomic E-state index is 0.404. The Morgan fingerprint density at radius 1 is 1.50 bits per heavy atom. The zero-order valence-corrected chi connectivity index (χ0v) is 8.93. The molecule has 1 aromatic rings. The first-order chi connectivity index (χ1) is 5.59. The van der Waals surface area contributed by atoms with Gasteiger partial charge < -0.3 is 5.11 Å². The van der Waals surface area contributed by atoms with Gasteiger partial charge in [-0.1, -0.05) is 35.0 Å². The number of aryl methyl sites for hydroxylation is 1. The van der Waals surface area contributed by atoms with Crippen molar-refractivity contribution in [2.24, 2.45) is 0 Å². The molecule has 0 aliphatic heterocycles. The minimum absolute atomic E-state index is 0.404. The predicted molar refractivity (Wildman–Crippen MR) is 54.9 cm³/mol. The van der Waals surface area contributed by atoms with Crippen molar-refractivity contribution in [2.75, 3.05) is 0 Å². The standard InChI is InChI=1S/C10H13BrO/c1-7-3-4-9(6-8(2)11)10(12)5-7/h3-5,8,12H,6H2,1-2H3. The molecule has 0 aliphatic carbocycles. The van der Waals surface area contributed by atoms with E-state index in [1.54, 1.807) is 6.07 Å². The Labute approximate surface area is 81.6 Å². The van der Waals surface area contributed by atoms with E-state index in [0.717, 1.165) is 17.5 Å². The van der Waals surface area contributed by atoms with Gasteiger partial charge in [0.25, 0.3) is 0 Å². The van der Waals surface area contributed by atoms with Gasteiger partial charge in [-0.25, -0.2) is 0 Å². The molecule has 0 spiro atoms. The van der Waals surface area contributed by atoms with Gasteiger partial charge in [-0.2, -0.15) is 0 Å². The summed E-state index contributed by atoms with van der Waals surface area (Å²) in [7, 11) is 0. The van der Waals surface area contributed by atoms with Crippen LogP contribution in [0.3, 0.4) is 0 Å². The summed E-state index contributed by atoms with van der Waals surface area (Å²) >= 11 is 3.45. The molecule has 1 atom stereocenters. The summed E-state index contributed by atoms with van der Waals surface area (Å²) in [6.07, 6.45) is 0.867. The van der Waals surface area contributed by atoms with Gasteiger partial charge in [-0.15, -0.1) is 0 Å². The molecule has 1 N–H and O–H groups in total. The van der Waals surface area contributed by atoms with Crippen molar-refractivity contribution in [3.05, 3.63) is 29.3 Å². The molecule has 1 rings (SSSR count). The number of phenolic OH excluding ortho intramolecular Hbond substituents is 1. The maximum absolute atomic E-state index is 9.52. The summed E-state index contributed by atoms with van der Waals surface area (Å²) in [6, 6.07) is 5.79. The van der Waals surface area contributed by atoms with Crippen LogP contribution in [-0.4, -0.2) is 9.93 Å². The van der Waals surface area contributed by atoms with Crippen LogP contribution in [0.1, 0.15) is 18.1 Å². The van der Waals surface area contributed by atoms with E-state index < -0.39 is 0 Å². The number of halogens is 1. The van der Waals surface area contributed by atoms with Crippen molar-refractivity contribution in [2.45, 2.75) is 25.1 Å². The molecule has 0 amide bonds. The van der Waals surface area contributed by atoms with E-state index in [9.17, 15) is 5.11 Å². The Kier molecular flexibility index (Phi) is 3.15. The molecule has 0 aromatic heterocycles. The molecule has 1 aromatic carbocycles. The van der Waals surface area contributed by atoms with Crippen molar-refractivity contribution in [3.63, 3.8) is 0 Å². The molecular formula is C10H13BrO. The van der Waals surface area contributed by atoms with Gasteiger partial charge in [0.15, 0.2) is 0 Å². The van der Waals surface area contributed by atoms with Crippen LogP contribution in [0.2, 0.25) is 0 Å². The van der Waals surface area contributed by atoms with E-state index in [-0.39, 0.29) is 0 Å². The maximum atomic E-state index is 9.52. The second-order valence-electron chi connectivity index (χ2n) is 3.12. The summed E-state index contributed by atoms with van der Waals surface area (Å²) in [6.45, 7) is 4.04. The van der Waals surface area contributed by atoms with Gasteiger partial charge in [-0.05, 0) is 30.5 Å². The highest BCUT2D eigenvalue weighted by Gasteiger charge is 2.03. The van der Waals surface area contributed by atoms with Crippen molar-refractivity contribution in [1.29, 1.82) is 0 Å². The summed E-state index contributed by atoms with van der Waals surface area (Å²) in [5.74, 6) is 0.404. The SMILES string of the molecule is Cc1ccc(CC(C)Br)c(O)c1. The third-order valence-electron chi connectivity index (χ3n) is 1.74. The first-order valence-corrected chi connectivity index (χ1v) is 4.93. The molecule has 0 radical (unpaired) electrons. The monoisotopic (exact) mass is 228 g/mol. The molecule has 12 heavy (non-hydrogen) atoms. The van der Waals surface area contributed by atoms with Gasteiger partial charge in [-0.3, -0.25) is 0 Å². The lowest BCUT2D eigenvalue weighted by Crippen LogP contribution is -1.96. The molecule has 1 nitrogen and oxygen atoms in total. The molecule has 0 saturated heterocycles. The summed E-state index contributed by atoms with van der Waals surface area (Å²) in [5.41, 5.74) is 2.10. The second kappa shape index (κ2) is 3.94. The molecular weight excluding hydrogens is 216 g/mol. The molecule has 66 valence electrons. The minimum Gasteiger partial charge on any atom is -0.508 e. The third kappa shape index (κ3) is 2.52. The van der Waals surface area contributed by atoms with Gasteiger partial charge in [0.05, 0.1) is 0 Å². The molecule has 0 bridgehead atoms. The van der Waals surface area contributed by atoms with E-state index in [0.29, 0.717) is 10.6 Å². The second-order valence-corrected chi connectivity index (χ2v) is 4.68. The molecule has 0 saturated carbocycles. The van der Waals surface area contributed by atoms with Crippen LogP contribution >= 0.6 is 15.9 Å². The molecule has 0 fully saturated rings. The Hall–Kier alpha value is -0.500. The number of rotatable bonds is 2. The largest absolute Gasteiger partial charge is 0.508 e. The first kappa shape index (κ1) is 9.59. The number of phenols is 1. The van der Waals surface area contributed by atoms with E-state index in [4.69, 9.17) is 0 Å². The van der Waals surface area contributed by atoms with Crippen molar-refractivity contribution >= 4 is 15.9 Å². The summed E-state index contributed by atoms with van der Waals surface area (Å²) in [5, 5.41) is 9.52. The van der Waals surface area contributed by atoms with Crippen LogP contribution < -0.4 is 0 Å². The van der Waals surface area contributed by atoms with Crippen LogP contribution in [0.25, 0.3) is 0 Å². The molecule has 1 unspecified atom stereocenters. The topological polar surface area (TPSA) is 20.2 Å². The lowest BCUT2D eigenvalue weighted by atomic mass is 10.1. The van der Waals surface area contributed by atoms with E-state index in [1.165, 1.54) is 0 Å². The smallest absolute Gasteiger partial charge is 0.119 e. The van der Waals surface area contributed by atoms with Crippen LogP contribution in [0.15, 0.2) is 18.2 Å². The Bertz CT molecular complexity index is 269. The summed E-state index contributed by atoms with van der Waals surface area (Å²) in [4.78, 5) is 0.408. The predicted octanol–water partition coefficient (Wildman–Crippen LogP) is 3.03. The normalized spacial score (nSPS) is 12.9. The zero-order valence-electron chi connectivity index (χ0n) is 7.34. The number of hydrogen-bond acceptors (Lipinski definition) is 1. The Balaban J connectivity index is 2.86. The number of aromatic hydroxyl groups is 1. The lowest BCUT2D eigenvalue weighted by molar-refractivity contribution is 0.467. The summed E-state index contributed by atoms with van der Waals surface area (Å²) < 4.78 is 0. The fourth-order valence-corrected chi connectivity index (χ4v) is 1.50. The first-order valence-electron chi connectivity index (χ1n) is 4.02. The van der Waals surface area contributed by atoms with Crippen molar-refractivity contribution < 1.29 is 5.11 Å². The van der Waals surface area contributed by atoms with Crippen molar-refractivity contribution in [1.82, 2.24) is 0 Å². The Morgan fingerprint density at radius 3 is 2.67 bits per heavy atom. The molecule has 0 aliphatic rings. The zero-order chi connectivity index (χ0) is 9.14. The van der Waals surface area contributed by atoms with Gasteiger partial charge >= 0.3 is 0 Å². The number of hydrogen-bond donors (Lipinski definition) is 1. The number of benzene rings is 1. The number of alkyl halides is 1. The van der Waals surface area contributed by atoms with Gasteiger partial charge in [0, 0.05) is 4.83 Å². The van der Waals surface area contributed by atoms with E-state index in [2.05, 4.69) is 22.9 Å². The quantitative estimate of drug-likeness (QED) is 0.773. The average Bonchev–Trinajstić information content (AvgIpc) is 1.94. The van der Waals surface area contributed by atoms with Crippen LogP contribution in [0.5, 0.6) is 5.75 Å². The lowest BCUT2D eigenvalue weighted by Gasteiger charge is -2.06. The Morgan fingerprint density at radius 2 is 2.17 bits per heavy atom. The van der Waals surface area contributed by atoms with Gasteiger partial charge in [0.2, 0.25) is 0 Å². The van der Waals surface area contributed by atoms with Crippen molar-refractivity contribution in [3.8, 4) is 5.75 Å². The maximum Gasteiger partial charge on any atom is 0.119 e. The highest BCUT2D eigenvalue weighted by atomic mass is 79.9. The van der Waals surface area contributed by atoms with Crippen LogP contribution in [0, 0.1) is 6.92 Å². The highest BCUT2D eigenvalue weighted by Crippen LogP contribution is 2.21. The van der Waals surface area contributed by atoms with Crippen LogP contribution in [-0.2, 0) is 6.42 Å². The van der Waals surface area contributed by atoms with Gasteiger partial charge in [0.1, 0.15) is 5.75 Å².